The second-order valence-electron chi connectivity index (χ2n) is 8.02. The van der Waals surface area contributed by atoms with Crippen LogP contribution in [0.4, 0.5) is 0 Å². The molecule has 3 aliphatic carbocycles. The minimum atomic E-state index is -0.361. The highest BCUT2D eigenvalue weighted by Gasteiger charge is 2.51. The summed E-state index contributed by atoms with van der Waals surface area (Å²) in [7, 11) is 0. The van der Waals surface area contributed by atoms with Gasteiger partial charge in [-0.1, -0.05) is 25.8 Å². The molecule has 0 heterocycles. The fraction of sp³-hybridized carbons (Fsp3) is 0.800. The smallest absolute Gasteiger partial charge is 0.333 e. The molecular formula is C20H30O5. The van der Waals surface area contributed by atoms with Gasteiger partial charge in [0.25, 0.3) is 0 Å². The Balaban J connectivity index is 1.40. The summed E-state index contributed by atoms with van der Waals surface area (Å²) in [5, 5.41) is 0. The molecule has 0 amide bonds. The van der Waals surface area contributed by atoms with Gasteiger partial charge in [0, 0.05) is 11.5 Å². The van der Waals surface area contributed by atoms with Gasteiger partial charge >= 0.3 is 11.9 Å². The minimum Gasteiger partial charge on any atom is -0.459 e. The van der Waals surface area contributed by atoms with Gasteiger partial charge in [0.05, 0.1) is 12.5 Å². The molecule has 0 spiro atoms. The second-order valence-corrected chi connectivity index (χ2v) is 8.02. The van der Waals surface area contributed by atoms with E-state index in [2.05, 4.69) is 6.58 Å². The third-order valence-electron chi connectivity index (χ3n) is 6.03. The number of carbonyl (C=O) groups excluding carboxylic acids is 2. The Morgan fingerprint density at radius 3 is 2.52 bits per heavy atom. The van der Waals surface area contributed by atoms with Crippen LogP contribution in [-0.4, -0.2) is 31.4 Å². The number of ether oxygens (including phenoxy) is 3. The van der Waals surface area contributed by atoms with Crippen molar-refractivity contribution in [1.29, 1.82) is 0 Å². The highest BCUT2D eigenvalue weighted by atomic mass is 16.7. The van der Waals surface area contributed by atoms with Crippen molar-refractivity contribution in [1.82, 2.24) is 0 Å². The van der Waals surface area contributed by atoms with Crippen LogP contribution >= 0.6 is 0 Å². The first kappa shape index (κ1) is 18.4. The van der Waals surface area contributed by atoms with Gasteiger partial charge in [-0.3, -0.25) is 4.79 Å². The minimum absolute atomic E-state index is 0.0411. The van der Waals surface area contributed by atoms with Crippen LogP contribution in [0, 0.1) is 23.7 Å². The molecule has 4 atom stereocenters. The summed E-state index contributed by atoms with van der Waals surface area (Å²) >= 11 is 0. The van der Waals surface area contributed by atoms with Gasteiger partial charge < -0.3 is 14.2 Å². The van der Waals surface area contributed by atoms with Crippen LogP contribution in [0.2, 0.25) is 0 Å². The molecular weight excluding hydrogens is 320 g/mol. The summed E-state index contributed by atoms with van der Waals surface area (Å²) < 4.78 is 16.4. The summed E-state index contributed by atoms with van der Waals surface area (Å²) in [6.07, 6.45) is 8.78. The summed E-state index contributed by atoms with van der Waals surface area (Å²) in [6.45, 7) is 5.99. The van der Waals surface area contributed by atoms with Gasteiger partial charge in [0.15, 0.2) is 6.79 Å². The van der Waals surface area contributed by atoms with Crippen molar-refractivity contribution in [3.63, 3.8) is 0 Å². The number of rotatable bonds is 7. The maximum atomic E-state index is 12.4. The van der Waals surface area contributed by atoms with Crippen LogP contribution in [0.5, 0.6) is 0 Å². The molecule has 5 nitrogen and oxygen atoms in total. The van der Waals surface area contributed by atoms with E-state index < -0.39 is 0 Å². The summed E-state index contributed by atoms with van der Waals surface area (Å²) in [6, 6.07) is 0. The van der Waals surface area contributed by atoms with Gasteiger partial charge in [-0.2, -0.15) is 0 Å². The predicted molar refractivity (Wildman–Crippen MR) is 92.5 cm³/mol. The van der Waals surface area contributed by atoms with E-state index in [0.29, 0.717) is 24.0 Å². The van der Waals surface area contributed by atoms with E-state index in [1.54, 1.807) is 6.92 Å². The normalized spacial score (nSPS) is 31.7. The fourth-order valence-electron chi connectivity index (χ4n) is 4.71. The molecule has 25 heavy (non-hydrogen) atoms. The third-order valence-corrected chi connectivity index (χ3v) is 6.03. The van der Waals surface area contributed by atoms with Gasteiger partial charge in [0.2, 0.25) is 0 Å². The largest absolute Gasteiger partial charge is 0.459 e. The van der Waals surface area contributed by atoms with Crippen molar-refractivity contribution in [2.45, 2.75) is 64.4 Å². The van der Waals surface area contributed by atoms with Crippen LogP contribution in [0.1, 0.15) is 58.3 Å². The molecule has 0 aliphatic heterocycles. The molecule has 3 rings (SSSR count). The number of hydrogen-bond donors (Lipinski definition) is 0. The molecule has 3 aliphatic rings. The van der Waals surface area contributed by atoms with Gasteiger partial charge in [-0.15, -0.1) is 0 Å². The van der Waals surface area contributed by atoms with E-state index in [1.165, 1.54) is 32.1 Å². The van der Waals surface area contributed by atoms with Crippen molar-refractivity contribution in [3.05, 3.63) is 12.2 Å². The first-order valence-electron chi connectivity index (χ1n) is 9.65. The molecule has 3 saturated carbocycles. The molecule has 4 unspecified atom stereocenters. The van der Waals surface area contributed by atoms with Crippen molar-refractivity contribution < 1.29 is 23.8 Å². The van der Waals surface area contributed by atoms with E-state index in [4.69, 9.17) is 14.2 Å². The zero-order valence-corrected chi connectivity index (χ0v) is 15.2. The molecule has 0 aromatic rings. The Hall–Kier alpha value is -1.36. The first-order chi connectivity index (χ1) is 12.0. The lowest BCUT2D eigenvalue weighted by molar-refractivity contribution is -0.168. The van der Waals surface area contributed by atoms with E-state index in [-0.39, 0.29) is 36.7 Å². The van der Waals surface area contributed by atoms with E-state index in [1.807, 2.05) is 0 Å². The number of esters is 2. The van der Waals surface area contributed by atoms with Crippen molar-refractivity contribution in [3.8, 4) is 0 Å². The molecule has 0 aromatic heterocycles. The van der Waals surface area contributed by atoms with E-state index in [0.717, 1.165) is 19.3 Å². The average Bonchev–Trinajstić information content (AvgIpc) is 3.19. The standard InChI is InChI=1S/C20H30O5/c1-13(2)19(21)25-18-10-15-8-16(18)17(9-15)20(22)24-12-23-11-14-6-4-3-5-7-14/h14-18H,1,3-12H2,2H3. The van der Waals surface area contributed by atoms with Gasteiger partial charge in [-0.05, 0) is 50.9 Å². The highest BCUT2D eigenvalue weighted by Crippen LogP contribution is 2.50. The fourth-order valence-corrected chi connectivity index (χ4v) is 4.71. The molecule has 5 heteroatoms. The Morgan fingerprint density at radius 2 is 1.84 bits per heavy atom. The van der Waals surface area contributed by atoms with Gasteiger partial charge in [-0.25, -0.2) is 4.79 Å². The molecule has 140 valence electrons. The lowest BCUT2D eigenvalue weighted by Gasteiger charge is -2.28. The van der Waals surface area contributed by atoms with Crippen LogP contribution in [0.3, 0.4) is 0 Å². The number of carbonyl (C=O) groups is 2. The molecule has 0 aromatic carbocycles. The van der Waals surface area contributed by atoms with Crippen molar-refractivity contribution in [2.75, 3.05) is 13.4 Å². The van der Waals surface area contributed by atoms with Crippen LogP contribution in [0.25, 0.3) is 0 Å². The Morgan fingerprint density at radius 1 is 1.08 bits per heavy atom. The predicted octanol–water partition coefficient (Wildman–Crippen LogP) is 3.62. The van der Waals surface area contributed by atoms with Crippen LogP contribution < -0.4 is 0 Å². The van der Waals surface area contributed by atoms with Crippen LogP contribution in [-0.2, 0) is 23.8 Å². The van der Waals surface area contributed by atoms with E-state index in [9.17, 15) is 9.59 Å². The molecule has 0 N–H and O–H groups in total. The zero-order chi connectivity index (χ0) is 17.8. The van der Waals surface area contributed by atoms with Crippen molar-refractivity contribution >= 4 is 11.9 Å². The summed E-state index contributed by atoms with van der Waals surface area (Å²) in [5.41, 5.74) is 0.401. The number of fused-ring (bicyclic) bond motifs is 2. The molecule has 3 fully saturated rings. The first-order valence-corrected chi connectivity index (χ1v) is 9.65. The summed E-state index contributed by atoms with van der Waals surface area (Å²) in [5.74, 6) is 0.418. The Labute approximate surface area is 150 Å². The Bertz CT molecular complexity index is 508. The lowest BCUT2D eigenvalue weighted by atomic mass is 9.86. The highest BCUT2D eigenvalue weighted by molar-refractivity contribution is 5.87. The third kappa shape index (κ3) is 4.63. The molecule has 0 radical (unpaired) electrons. The van der Waals surface area contributed by atoms with Crippen LogP contribution in [0.15, 0.2) is 12.2 Å². The maximum absolute atomic E-state index is 12.4. The van der Waals surface area contributed by atoms with Crippen molar-refractivity contribution in [2.24, 2.45) is 23.7 Å². The molecule has 0 saturated heterocycles. The molecule has 2 bridgehead atoms. The maximum Gasteiger partial charge on any atom is 0.333 e. The summed E-state index contributed by atoms with van der Waals surface area (Å²) in [4.78, 5) is 24.1. The second kappa shape index (κ2) is 8.35. The zero-order valence-electron chi connectivity index (χ0n) is 15.2. The SMILES string of the molecule is C=C(C)C(=O)OC1CC2CC(C(=O)OCOCC3CCCCC3)C1C2. The van der Waals surface area contributed by atoms with E-state index >= 15 is 0 Å². The monoisotopic (exact) mass is 350 g/mol. The average molecular weight is 350 g/mol. The quantitative estimate of drug-likeness (QED) is 0.304. The number of hydrogen-bond acceptors (Lipinski definition) is 5. The lowest BCUT2D eigenvalue weighted by Crippen LogP contribution is -2.34. The van der Waals surface area contributed by atoms with Gasteiger partial charge in [0.1, 0.15) is 6.10 Å². The Kier molecular flexibility index (Phi) is 6.15. The topological polar surface area (TPSA) is 61.8 Å².